The quantitative estimate of drug-likeness (QED) is 0.849. The van der Waals surface area contributed by atoms with Gasteiger partial charge in [-0.3, -0.25) is 14.3 Å². The van der Waals surface area contributed by atoms with Crippen molar-refractivity contribution in [3.8, 4) is 0 Å². The van der Waals surface area contributed by atoms with E-state index in [0.29, 0.717) is 5.69 Å². The van der Waals surface area contributed by atoms with Crippen LogP contribution >= 0.6 is 0 Å². The Bertz CT molecular complexity index is 535. The molecule has 0 saturated carbocycles. The van der Waals surface area contributed by atoms with Gasteiger partial charge >= 0.3 is 0 Å². The molecule has 1 atom stereocenters. The zero-order chi connectivity index (χ0) is 15.1. The molecule has 110 valence electrons. The van der Waals surface area contributed by atoms with E-state index in [1.54, 1.807) is 36.7 Å². The second kappa shape index (κ2) is 4.88. The summed E-state index contributed by atoms with van der Waals surface area (Å²) < 4.78 is 1.58. The summed E-state index contributed by atoms with van der Waals surface area (Å²) >= 11 is 0. The normalized spacial score (nSPS) is 22.3. The molecule has 0 bridgehead atoms. The maximum Gasteiger partial charge on any atom is 0.246 e. The zero-order valence-corrected chi connectivity index (χ0v) is 12.5. The van der Waals surface area contributed by atoms with Crippen LogP contribution in [0.5, 0.6) is 0 Å². The van der Waals surface area contributed by atoms with Crippen LogP contribution in [0.15, 0.2) is 6.20 Å². The van der Waals surface area contributed by atoms with Crippen LogP contribution < -0.4 is 5.32 Å². The average Bonchev–Trinajstić information content (AvgIpc) is 2.75. The monoisotopic (exact) mass is 279 g/mol. The summed E-state index contributed by atoms with van der Waals surface area (Å²) in [6, 6.07) is -0.479. The van der Waals surface area contributed by atoms with E-state index in [1.807, 2.05) is 13.8 Å². The van der Waals surface area contributed by atoms with Crippen LogP contribution in [-0.4, -0.2) is 43.3 Å². The number of carbonyl (C=O) groups is 2. The molecule has 0 radical (unpaired) electrons. The topological polar surface area (TPSA) is 80.1 Å². The van der Waals surface area contributed by atoms with Gasteiger partial charge in [-0.1, -0.05) is 19.1 Å². The number of amides is 2. The number of rotatable bonds is 3. The van der Waals surface area contributed by atoms with Crippen LogP contribution in [0.2, 0.25) is 0 Å². The summed E-state index contributed by atoms with van der Waals surface area (Å²) in [4.78, 5) is 26.4. The van der Waals surface area contributed by atoms with E-state index in [9.17, 15) is 9.59 Å². The molecule has 1 aliphatic heterocycles. The van der Waals surface area contributed by atoms with Crippen LogP contribution in [0.1, 0.15) is 33.4 Å². The van der Waals surface area contributed by atoms with E-state index >= 15 is 0 Å². The molecule has 1 saturated heterocycles. The van der Waals surface area contributed by atoms with Gasteiger partial charge in [0.25, 0.3) is 0 Å². The van der Waals surface area contributed by atoms with Crippen molar-refractivity contribution in [3.05, 3.63) is 11.9 Å². The fraction of sp³-hybridized carbons (Fsp3) is 0.692. The van der Waals surface area contributed by atoms with E-state index in [0.717, 1.165) is 0 Å². The first-order valence-electron chi connectivity index (χ1n) is 6.71. The van der Waals surface area contributed by atoms with Crippen LogP contribution in [0.25, 0.3) is 0 Å². The van der Waals surface area contributed by atoms with E-state index < -0.39 is 11.6 Å². The summed E-state index contributed by atoms with van der Waals surface area (Å²) in [6.45, 7) is 7.61. The van der Waals surface area contributed by atoms with Crippen molar-refractivity contribution in [2.24, 2.45) is 13.0 Å². The van der Waals surface area contributed by atoms with Crippen molar-refractivity contribution in [3.63, 3.8) is 0 Å². The third-order valence-corrected chi connectivity index (χ3v) is 3.69. The summed E-state index contributed by atoms with van der Waals surface area (Å²) in [7, 11) is 1.77. The molecule has 1 fully saturated rings. The van der Waals surface area contributed by atoms with Gasteiger partial charge in [0.1, 0.15) is 17.3 Å². The fourth-order valence-electron chi connectivity index (χ4n) is 2.30. The zero-order valence-electron chi connectivity index (χ0n) is 12.5. The standard InChI is InChI=1S/C13H21N5O2/c1-8(2)10-11(19)18(13(3,4)12(20)14-10)7-9-6-17(5)16-15-9/h6,8,10H,7H2,1-5H3,(H,14,20). The lowest BCUT2D eigenvalue weighted by atomic mass is 9.91. The molecule has 1 unspecified atom stereocenters. The number of nitrogens with one attached hydrogen (secondary N) is 1. The first-order chi connectivity index (χ1) is 9.23. The van der Waals surface area contributed by atoms with Gasteiger partial charge in [0.05, 0.1) is 6.54 Å². The lowest BCUT2D eigenvalue weighted by molar-refractivity contribution is -0.157. The Morgan fingerprint density at radius 2 is 2.05 bits per heavy atom. The highest BCUT2D eigenvalue weighted by Crippen LogP contribution is 2.25. The van der Waals surface area contributed by atoms with Gasteiger partial charge < -0.3 is 10.2 Å². The van der Waals surface area contributed by atoms with Crippen LogP contribution in [-0.2, 0) is 23.2 Å². The molecular formula is C13H21N5O2. The molecule has 2 rings (SSSR count). The Labute approximate surface area is 118 Å². The van der Waals surface area contributed by atoms with Gasteiger partial charge in [0.2, 0.25) is 11.8 Å². The Kier molecular flexibility index (Phi) is 3.54. The van der Waals surface area contributed by atoms with Crippen molar-refractivity contribution < 1.29 is 9.59 Å². The fourth-order valence-corrected chi connectivity index (χ4v) is 2.30. The van der Waals surface area contributed by atoms with Crippen molar-refractivity contribution >= 4 is 11.8 Å². The largest absolute Gasteiger partial charge is 0.342 e. The van der Waals surface area contributed by atoms with Crippen molar-refractivity contribution in [2.45, 2.75) is 45.8 Å². The first kappa shape index (κ1) is 14.5. The predicted octanol–water partition coefficient (Wildman–Crippen LogP) is 0.0767. The van der Waals surface area contributed by atoms with Crippen molar-refractivity contribution in [1.82, 2.24) is 25.2 Å². The number of nitrogens with zero attached hydrogens (tertiary/aromatic N) is 4. The number of hydrogen-bond acceptors (Lipinski definition) is 4. The lowest BCUT2D eigenvalue weighted by Crippen LogP contribution is -2.69. The number of carbonyl (C=O) groups excluding carboxylic acids is 2. The van der Waals surface area contributed by atoms with E-state index in [2.05, 4.69) is 15.6 Å². The molecule has 0 aliphatic carbocycles. The first-order valence-corrected chi connectivity index (χ1v) is 6.71. The molecular weight excluding hydrogens is 258 g/mol. The van der Waals surface area contributed by atoms with Crippen LogP contribution in [0, 0.1) is 5.92 Å². The number of hydrogen-bond donors (Lipinski definition) is 1. The SMILES string of the molecule is CC(C)C1NC(=O)C(C)(C)N(Cc2cn(C)nn2)C1=O. The minimum absolute atomic E-state index is 0.0481. The Hall–Kier alpha value is -1.92. The highest BCUT2D eigenvalue weighted by atomic mass is 16.2. The highest BCUT2D eigenvalue weighted by Gasteiger charge is 2.47. The molecule has 0 spiro atoms. The van der Waals surface area contributed by atoms with Gasteiger partial charge in [-0.15, -0.1) is 5.10 Å². The molecule has 1 aromatic rings. The highest BCUT2D eigenvalue weighted by molar-refractivity contribution is 5.99. The minimum atomic E-state index is -0.889. The average molecular weight is 279 g/mol. The summed E-state index contributed by atoms with van der Waals surface area (Å²) in [5.41, 5.74) is -0.217. The van der Waals surface area contributed by atoms with E-state index in [-0.39, 0.29) is 24.3 Å². The van der Waals surface area contributed by atoms with Gasteiger partial charge in [-0.2, -0.15) is 0 Å². The third-order valence-electron chi connectivity index (χ3n) is 3.69. The Morgan fingerprint density at radius 3 is 2.55 bits per heavy atom. The van der Waals surface area contributed by atoms with Gasteiger partial charge in [0, 0.05) is 13.2 Å². The number of aryl methyl sites for hydroxylation is 1. The lowest BCUT2D eigenvalue weighted by Gasteiger charge is -2.44. The molecule has 2 amide bonds. The van der Waals surface area contributed by atoms with Gasteiger partial charge in [-0.05, 0) is 19.8 Å². The Balaban J connectivity index is 2.30. The van der Waals surface area contributed by atoms with Crippen molar-refractivity contribution in [2.75, 3.05) is 0 Å². The number of piperazine rings is 1. The van der Waals surface area contributed by atoms with E-state index in [4.69, 9.17) is 0 Å². The van der Waals surface area contributed by atoms with Gasteiger partial charge in [0.15, 0.2) is 0 Å². The van der Waals surface area contributed by atoms with Crippen molar-refractivity contribution in [1.29, 1.82) is 0 Å². The molecule has 20 heavy (non-hydrogen) atoms. The minimum Gasteiger partial charge on any atom is -0.342 e. The third kappa shape index (κ3) is 2.39. The molecule has 1 aromatic heterocycles. The number of aromatic nitrogens is 3. The molecule has 0 aromatic carbocycles. The predicted molar refractivity (Wildman–Crippen MR) is 72.4 cm³/mol. The summed E-state index contributed by atoms with van der Waals surface area (Å²) in [6.07, 6.45) is 1.75. The smallest absolute Gasteiger partial charge is 0.246 e. The molecule has 1 aliphatic rings. The van der Waals surface area contributed by atoms with Crippen LogP contribution in [0.4, 0.5) is 0 Å². The second-order valence-electron chi connectivity index (χ2n) is 6.06. The van der Waals surface area contributed by atoms with Gasteiger partial charge in [-0.25, -0.2) is 0 Å². The maximum atomic E-state index is 12.6. The second-order valence-corrected chi connectivity index (χ2v) is 6.06. The molecule has 7 heteroatoms. The molecule has 2 heterocycles. The maximum absolute atomic E-state index is 12.6. The summed E-state index contributed by atoms with van der Waals surface area (Å²) in [5, 5.41) is 10.7. The molecule has 7 nitrogen and oxygen atoms in total. The Morgan fingerprint density at radius 1 is 1.40 bits per heavy atom. The van der Waals surface area contributed by atoms with Crippen LogP contribution in [0.3, 0.4) is 0 Å². The van der Waals surface area contributed by atoms with E-state index in [1.165, 1.54) is 0 Å². The molecule has 1 N–H and O–H groups in total. The summed E-state index contributed by atoms with van der Waals surface area (Å²) in [5.74, 6) is -0.165.